The lowest BCUT2D eigenvalue weighted by Gasteiger charge is -2.58. The van der Waals surface area contributed by atoms with Gasteiger partial charge in [0.15, 0.2) is 0 Å². The van der Waals surface area contributed by atoms with Crippen molar-refractivity contribution in [1.29, 1.82) is 0 Å². The molecule has 4 aliphatic rings. The zero-order chi connectivity index (χ0) is 25.6. The van der Waals surface area contributed by atoms with Crippen molar-refractivity contribution in [2.75, 3.05) is 0 Å². The van der Waals surface area contributed by atoms with Crippen LogP contribution in [0.5, 0.6) is 0 Å². The van der Waals surface area contributed by atoms with Crippen molar-refractivity contribution in [1.82, 2.24) is 0 Å². The maximum atomic E-state index is 12.1. The Bertz CT molecular complexity index is 899. The summed E-state index contributed by atoms with van der Waals surface area (Å²) in [5, 5.41) is 19.1. The molecule has 0 bridgehead atoms. The molecule has 4 aliphatic carbocycles. The number of carbonyl (C=O) groups excluding carboxylic acids is 1. The number of aliphatic carboxylic acids is 1. The van der Waals surface area contributed by atoms with Crippen LogP contribution in [0.25, 0.3) is 0 Å². The minimum Gasteiger partial charge on any atom is -0.481 e. The Kier molecular flexibility index (Phi) is 7.41. The average molecular weight is 486 g/mol. The van der Waals surface area contributed by atoms with Crippen molar-refractivity contribution < 1.29 is 19.8 Å². The van der Waals surface area contributed by atoms with Gasteiger partial charge in [-0.25, -0.2) is 4.99 Å². The lowest BCUT2D eigenvalue weighted by molar-refractivity contribution is -0.138. The second-order valence-electron chi connectivity index (χ2n) is 13.5. The Morgan fingerprint density at radius 2 is 1.89 bits per heavy atom. The predicted octanol–water partition coefficient (Wildman–Crippen LogP) is 6.59. The van der Waals surface area contributed by atoms with E-state index in [1.807, 2.05) is 13.8 Å². The van der Waals surface area contributed by atoms with Crippen molar-refractivity contribution in [3.05, 3.63) is 11.6 Å². The summed E-state index contributed by atoms with van der Waals surface area (Å²) in [5.41, 5.74) is 2.47. The Hall–Kier alpha value is -1.49. The minimum absolute atomic E-state index is 0.00446. The molecular formula is C30H47NO4. The Labute approximate surface area is 211 Å². The van der Waals surface area contributed by atoms with Gasteiger partial charge in [0.1, 0.15) is 0 Å². The van der Waals surface area contributed by atoms with Crippen molar-refractivity contribution in [2.45, 2.75) is 117 Å². The molecule has 3 fully saturated rings. The molecule has 0 saturated heterocycles. The first-order valence-electron chi connectivity index (χ1n) is 14.1. The second kappa shape index (κ2) is 9.76. The highest BCUT2D eigenvalue weighted by molar-refractivity contribution is 5.98. The number of amides is 1. The quantitative estimate of drug-likeness (QED) is 0.399. The zero-order valence-corrected chi connectivity index (χ0v) is 22.6. The second-order valence-corrected chi connectivity index (χ2v) is 13.5. The van der Waals surface area contributed by atoms with E-state index in [1.54, 1.807) is 0 Å². The molecule has 4 rings (SSSR count). The van der Waals surface area contributed by atoms with Gasteiger partial charge in [-0.3, -0.25) is 9.59 Å². The number of aliphatic imine (C=N–C) groups is 1. The van der Waals surface area contributed by atoms with E-state index in [1.165, 1.54) is 31.3 Å². The van der Waals surface area contributed by atoms with Crippen LogP contribution in [0.3, 0.4) is 0 Å². The minimum atomic E-state index is -0.944. The lowest BCUT2D eigenvalue weighted by Crippen LogP contribution is -2.50. The van der Waals surface area contributed by atoms with Gasteiger partial charge in [0.25, 0.3) is 0 Å². The van der Waals surface area contributed by atoms with Crippen LogP contribution in [-0.4, -0.2) is 33.4 Å². The van der Waals surface area contributed by atoms with E-state index in [-0.39, 0.29) is 24.2 Å². The van der Waals surface area contributed by atoms with Gasteiger partial charge in [-0.1, -0.05) is 32.4 Å². The van der Waals surface area contributed by atoms with Crippen LogP contribution in [-0.2, 0) is 9.59 Å². The summed E-state index contributed by atoms with van der Waals surface area (Å²) >= 11 is 0. The van der Waals surface area contributed by atoms with Gasteiger partial charge >= 0.3 is 5.97 Å². The maximum Gasteiger partial charge on any atom is 0.303 e. The van der Waals surface area contributed by atoms with Gasteiger partial charge in [-0.2, -0.15) is 0 Å². The molecular weight excluding hydrogens is 438 g/mol. The molecule has 1 amide bonds. The summed E-state index contributed by atoms with van der Waals surface area (Å²) in [6.45, 7) is 11.4. The first-order valence-corrected chi connectivity index (χ1v) is 14.1. The number of fused-ring (bicyclic) bond motifs is 5. The first-order chi connectivity index (χ1) is 16.3. The normalized spacial score (nSPS) is 38.8. The Morgan fingerprint density at radius 3 is 2.57 bits per heavy atom. The summed E-state index contributed by atoms with van der Waals surface area (Å²) in [6.07, 6.45) is 13.5. The number of hydrogen-bond donors (Lipinski definition) is 2. The molecule has 0 radical (unpaired) electrons. The first kappa shape index (κ1) is 26.6. The number of allylic oxidation sites excluding steroid dienone is 2. The Balaban J connectivity index is 1.46. The molecule has 3 saturated carbocycles. The SMILES string of the molecule is CC(CCC(C)(C)O)[C@H]1CCC2C3CC=C4CC(=NC(=O)CCC(=O)O)CC[C@]4(C)C3CC[C@@]21C. The number of nitrogens with zero attached hydrogens (tertiary/aromatic N) is 1. The van der Waals surface area contributed by atoms with Crippen LogP contribution in [0.1, 0.15) is 112 Å². The molecule has 0 spiro atoms. The number of carboxylic acids is 1. The van der Waals surface area contributed by atoms with E-state index in [0.29, 0.717) is 11.3 Å². The van der Waals surface area contributed by atoms with E-state index in [0.717, 1.165) is 67.9 Å². The molecule has 0 heterocycles. The molecule has 0 aliphatic heterocycles. The van der Waals surface area contributed by atoms with Crippen molar-refractivity contribution in [3.63, 3.8) is 0 Å². The van der Waals surface area contributed by atoms with Crippen LogP contribution in [0.15, 0.2) is 16.6 Å². The van der Waals surface area contributed by atoms with E-state index >= 15 is 0 Å². The fraction of sp³-hybridized carbons (Fsp3) is 0.833. The fourth-order valence-corrected chi connectivity index (χ4v) is 8.79. The monoisotopic (exact) mass is 485 g/mol. The molecule has 5 nitrogen and oxygen atoms in total. The average Bonchev–Trinajstić information content (AvgIpc) is 3.13. The van der Waals surface area contributed by atoms with Crippen LogP contribution in [0.2, 0.25) is 0 Å². The van der Waals surface area contributed by atoms with Crippen molar-refractivity contribution in [3.8, 4) is 0 Å². The third kappa shape index (κ3) is 5.31. The van der Waals surface area contributed by atoms with E-state index in [2.05, 4.69) is 31.8 Å². The number of carbonyl (C=O) groups is 2. The molecule has 5 heteroatoms. The molecule has 35 heavy (non-hydrogen) atoms. The third-order valence-electron chi connectivity index (χ3n) is 10.8. The van der Waals surface area contributed by atoms with Crippen LogP contribution >= 0.6 is 0 Å². The summed E-state index contributed by atoms with van der Waals surface area (Å²) in [4.78, 5) is 27.2. The van der Waals surface area contributed by atoms with Gasteiger partial charge in [0, 0.05) is 18.6 Å². The number of rotatable bonds is 7. The van der Waals surface area contributed by atoms with Crippen molar-refractivity contribution in [2.24, 2.45) is 45.4 Å². The predicted molar refractivity (Wildman–Crippen MR) is 139 cm³/mol. The summed E-state index contributed by atoms with van der Waals surface area (Å²) in [5.74, 6) is 2.45. The third-order valence-corrected chi connectivity index (χ3v) is 10.8. The Morgan fingerprint density at radius 1 is 1.14 bits per heavy atom. The van der Waals surface area contributed by atoms with Gasteiger partial charge in [-0.15, -0.1) is 0 Å². The van der Waals surface area contributed by atoms with Gasteiger partial charge in [-0.05, 0) is 112 Å². The standard InChI is InChI=1S/C30H47NO4/c1-19(12-15-28(2,3)35)23-8-9-24-22-7-6-20-18-21(31-26(32)10-11-27(33)34)13-16-29(20,4)25(22)14-17-30(23,24)5/h6,19,22-25,35H,7-18H2,1-5H3,(H,33,34)/t19?,22?,23-,24?,25?,29+,30-/m1/s1. The lowest BCUT2D eigenvalue weighted by atomic mass is 9.47. The molecule has 196 valence electrons. The van der Waals surface area contributed by atoms with Crippen LogP contribution < -0.4 is 0 Å². The molecule has 4 unspecified atom stereocenters. The van der Waals surface area contributed by atoms with E-state index in [9.17, 15) is 14.7 Å². The zero-order valence-electron chi connectivity index (χ0n) is 22.6. The van der Waals surface area contributed by atoms with Gasteiger partial charge in [0.05, 0.1) is 12.0 Å². The van der Waals surface area contributed by atoms with Gasteiger partial charge < -0.3 is 10.2 Å². The van der Waals surface area contributed by atoms with Crippen LogP contribution in [0.4, 0.5) is 0 Å². The molecule has 7 atom stereocenters. The molecule has 0 aromatic heterocycles. The number of carboxylic acid groups (broad SMARTS) is 1. The maximum absolute atomic E-state index is 12.1. The molecule has 0 aromatic rings. The largest absolute Gasteiger partial charge is 0.481 e. The summed E-state index contributed by atoms with van der Waals surface area (Å²) in [6, 6.07) is 0. The van der Waals surface area contributed by atoms with E-state index in [4.69, 9.17) is 5.11 Å². The molecule has 2 N–H and O–H groups in total. The van der Waals surface area contributed by atoms with E-state index < -0.39 is 11.6 Å². The highest BCUT2D eigenvalue weighted by Crippen LogP contribution is 2.67. The number of hydrogen-bond acceptors (Lipinski definition) is 3. The van der Waals surface area contributed by atoms with Crippen LogP contribution in [0, 0.1) is 40.4 Å². The summed E-state index contributed by atoms with van der Waals surface area (Å²) < 4.78 is 0. The highest BCUT2D eigenvalue weighted by Gasteiger charge is 2.59. The number of aliphatic hydroxyl groups is 1. The summed E-state index contributed by atoms with van der Waals surface area (Å²) in [7, 11) is 0. The van der Waals surface area contributed by atoms with Gasteiger partial charge in [0.2, 0.25) is 5.91 Å². The molecule has 0 aromatic carbocycles. The topological polar surface area (TPSA) is 87.0 Å². The highest BCUT2D eigenvalue weighted by atomic mass is 16.4. The van der Waals surface area contributed by atoms with Crippen molar-refractivity contribution >= 4 is 17.6 Å². The smallest absolute Gasteiger partial charge is 0.303 e. The fourth-order valence-electron chi connectivity index (χ4n) is 8.79.